The molecule has 1 amide bonds. The summed E-state index contributed by atoms with van der Waals surface area (Å²) in [5.74, 6) is 1.41. The van der Waals surface area contributed by atoms with Crippen LogP contribution >= 0.6 is 0 Å². The van der Waals surface area contributed by atoms with E-state index in [-0.39, 0.29) is 11.9 Å². The molecule has 3 rings (SSSR count). The fourth-order valence-corrected chi connectivity index (χ4v) is 2.90. The van der Waals surface area contributed by atoms with Gasteiger partial charge >= 0.3 is 0 Å². The van der Waals surface area contributed by atoms with Crippen LogP contribution in [0.1, 0.15) is 27.9 Å². The van der Waals surface area contributed by atoms with Gasteiger partial charge in [-0.05, 0) is 51.4 Å². The van der Waals surface area contributed by atoms with Gasteiger partial charge in [-0.2, -0.15) is 0 Å². The first-order valence-electron chi connectivity index (χ1n) is 8.43. The second-order valence-electron chi connectivity index (χ2n) is 6.38. The molecule has 0 bridgehead atoms. The maximum Gasteiger partial charge on any atom is 0.253 e. The summed E-state index contributed by atoms with van der Waals surface area (Å²) < 4.78 is 10.7. The molecule has 0 aliphatic heterocycles. The second-order valence-corrected chi connectivity index (χ2v) is 6.38. The molecule has 0 saturated carbocycles. The molecule has 0 fully saturated rings. The summed E-state index contributed by atoms with van der Waals surface area (Å²) in [6.07, 6.45) is 1.64. The van der Waals surface area contributed by atoms with E-state index < -0.39 is 0 Å². The van der Waals surface area contributed by atoms with E-state index in [9.17, 15) is 4.79 Å². The van der Waals surface area contributed by atoms with E-state index in [1.54, 1.807) is 13.4 Å². The Kier molecular flexibility index (Phi) is 5.23. The summed E-state index contributed by atoms with van der Waals surface area (Å²) in [6.45, 7) is 2.28. The lowest BCUT2D eigenvalue weighted by Crippen LogP contribution is -2.34. The third kappa shape index (κ3) is 3.70. The van der Waals surface area contributed by atoms with Crippen molar-refractivity contribution in [1.82, 2.24) is 15.2 Å². The number of ether oxygens (including phenoxy) is 1. The van der Waals surface area contributed by atoms with E-state index in [1.807, 2.05) is 62.3 Å². The van der Waals surface area contributed by atoms with Crippen LogP contribution in [0.25, 0.3) is 10.9 Å². The molecule has 3 aromatic rings. The van der Waals surface area contributed by atoms with Gasteiger partial charge in [-0.25, -0.2) is 0 Å². The average Bonchev–Trinajstić information content (AvgIpc) is 3.14. The smallest absolute Gasteiger partial charge is 0.253 e. The molecule has 1 unspecified atom stereocenters. The van der Waals surface area contributed by atoms with Crippen molar-refractivity contribution < 1.29 is 13.9 Å². The van der Waals surface area contributed by atoms with Gasteiger partial charge in [0.1, 0.15) is 11.5 Å². The Bertz CT molecular complexity index is 904. The standard InChI is InChI=1S/C20H23N3O3/c1-13-16(10-14-7-8-15(25-4)11-17(14)22-13)20(24)21-12-18(23(2)3)19-6-5-9-26-19/h5-11,18H,12H2,1-4H3,(H,21,24). The SMILES string of the molecule is COc1ccc2cc(C(=O)NCC(c3ccco3)N(C)C)c(C)nc2c1. The van der Waals surface area contributed by atoms with E-state index in [4.69, 9.17) is 9.15 Å². The maximum absolute atomic E-state index is 12.7. The fourth-order valence-electron chi connectivity index (χ4n) is 2.90. The Morgan fingerprint density at radius 2 is 2.12 bits per heavy atom. The number of rotatable bonds is 6. The number of pyridine rings is 1. The van der Waals surface area contributed by atoms with E-state index in [0.717, 1.165) is 22.4 Å². The maximum atomic E-state index is 12.7. The minimum Gasteiger partial charge on any atom is -0.497 e. The predicted octanol–water partition coefficient (Wildman–Crippen LogP) is 3.18. The molecule has 0 spiro atoms. The van der Waals surface area contributed by atoms with Crippen LogP contribution in [-0.2, 0) is 0 Å². The van der Waals surface area contributed by atoms with Gasteiger partial charge in [-0.15, -0.1) is 0 Å². The Morgan fingerprint density at radius 1 is 1.31 bits per heavy atom. The monoisotopic (exact) mass is 353 g/mol. The fraction of sp³-hybridized carbons (Fsp3) is 0.300. The highest BCUT2D eigenvalue weighted by atomic mass is 16.5. The van der Waals surface area contributed by atoms with Gasteiger partial charge in [-0.1, -0.05) is 0 Å². The van der Waals surface area contributed by atoms with E-state index in [2.05, 4.69) is 10.3 Å². The highest BCUT2D eigenvalue weighted by molar-refractivity contribution is 5.98. The molecule has 136 valence electrons. The topological polar surface area (TPSA) is 67.6 Å². The Hall–Kier alpha value is -2.86. The first kappa shape index (κ1) is 17.9. The van der Waals surface area contributed by atoms with Crippen LogP contribution in [0.3, 0.4) is 0 Å². The lowest BCUT2D eigenvalue weighted by atomic mass is 10.1. The van der Waals surface area contributed by atoms with Gasteiger partial charge < -0.3 is 14.5 Å². The molecule has 6 nitrogen and oxygen atoms in total. The molecule has 1 N–H and O–H groups in total. The molecule has 1 aromatic carbocycles. The van der Waals surface area contributed by atoms with Crippen molar-refractivity contribution in [3.8, 4) is 5.75 Å². The predicted molar refractivity (Wildman–Crippen MR) is 101 cm³/mol. The van der Waals surface area contributed by atoms with E-state index >= 15 is 0 Å². The van der Waals surface area contributed by atoms with E-state index in [0.29, 0.717) is 17.8 Å². The number of hydrogen-bond acceptors (Lipinski definition) is 5. The van der Waals surface area contributed by atoms with Gasteiger partial charge in [0.05, 0.1) is 36.2 Å². The molecule has 6 heteroatoms. The quantitative estimate of drug-likeness (QED) is 0.737. The van der Waals surface area contributed by atoms with Crippen LogP contribution in [0.4, 0.5) is 0 Å². The number of amides is 1. The number of benzene rings is 1. The molecule has 2 aromatic heterocycles. The number of carbonyl (C=O) groups excluding carboxylic acids is 1. The number of aryl methyl sites for hydroxylation is 1. The zero-order chi connectivity index (χ0) is 18.7. The van der Waals surface area contributed by atoms with Crippen molar-refractivity contribution in [3.05, 3.63) is 59.7 Å². The number of methoxy groups -OCH3 is 1. The van der Waals surface area contributed by atoms with Crippen molar-refractivity contribution in [1.29, 1.82) is 0 Å². The van der Waals surface area contributed by atoms with Crippen molar-refractivity contribution in [2.75, 3.05) is 27.7 Å². The third-order valence-corrected chi connectivity index (χ3v) is 4.41. The summed E-state index contributed by atoms with van der Waals surface area (Å²) in [5, 5.41) is 3.89. The molecule has 26 heavy (non-hydrogen) atoms. The Labute approximate surface area is 152 Å². The number of nitrogens with zero attached hydrogens (tertiary/aromatic N) is 2. The Balaban J connectivity index is 1.80. The number of hydrogen-bond donors (Lipinski definition) is 1. The number of fused-ring (bicyclic) bond motifs is 1. The molecule has 0 aliphatic carbocycles. The van der Waals surface area contributed by atoms with Crippen molar-refractivity contribution >= 4 is 16.8 Å². The second kappa shape index (κ2) is 7.58. The van der Waals surface area contributed by atoms with Crippen LogP contribution in [0.15, 0.2) is 47.1 Å². The first-order chi connectivity index (χ1) is 12.5. The number of furan rings is 1. The van der Waals surface area contributed by atoms with Gasteiger partial charge in [0.25, 0.3) is 5.91 Å². The zero-order valence-electron chi connectivity index (χ0n) is 15.4. The van der Waals surface area contributed by atoms with Gasteiger partial charge in [0, 0.05) is 18.0 Å². The van der Waals surface area contributed by atoms with Crippen LogP contribution in [0.2, 0.25) is 0 Å². The van der Waals surface area contributed by atoms with E-state index in [1.165, 1.54) is 0 Å². The van der Waals surface area contributed by atoms with Crippen molar-refractivity contribution in [2.24, 2.45) is 0 Å². The number of nitrogens with one attached hydrogen (secondary N) is 1. The van der Waals surface area contributed by atoms with Crippen LogP contribution in [-0.4, -0.2) is 43.5 Å². The number of carbonyl (C=O) groups is 1. The van der Waals surface area contributed by atoms with Crippen LogP contribution in [0, 0.1) is 6.92 Å². The molecule has 0 saturated heterocycles. The first-order valence-corrected chi connectivity index (χ1v) is 8.43. The molecule has 2 heterocycles. The molecule has 0 radical (unpaired) electrons. The number of aromatic nitrogens is 1. The van der Waals surface area contributed by atoms with Gasteiger partial charge in [0.15, 0.2) is 0 Å². The molecular formula is C20H23N3O3. The molecule has 0 aliphatic rings. The summed E-state index contributed by atoms with van der Waals surface area (Å²) >= 11 is 0. The Morgan fingerprint density at radius 3 is 2.77 bits per heavy atom. The summed E-state index contributed by atoms with van der Waals surface area (Å²) in [7, 11) is 5.53. The molecular weight excluding hydrogens is 330 g/mol. The third-order valence-electron chi connectivity index (χ3n) is 4.41. The largest absolute Gasteiger partial charge is 0.497 e. The average molecular weight is 353 g/mol. The lowest BCUT2D eigenvalue weighted by Gasteiger charge is -2.22. The van der Waals surface area contributed by atoms with Crippen molar-refractivity contribution in [3.63, 3.8) is 0 Å². The summed E-state index contributed by atoms with van der Waals surface area (Å²) in [4.78, 5) is 19.3. The van der Waals surface area contributed by atoms with Crippen molar-refractivity contribution in [2.45, 2.75) is 13.0 Å². The summed E-state index contributed by atoms with van der Waals surface area (Å²) in [5.41, 5.74) is 2.06. The minimum atomic E-state index is -0.147. The number of likely N-dealkylation sites (N-methyl/N-ethyl adjacent to an activating group) is 1. The minimum absolute atomic E-state index is 0.0352. The van der Waals surface area contributed by atoms with Gasteiger partial charge in [-0.3, -0.25) is 14.7 Å². The highest BCUT2D eigenvalue weighted by Crippen LogP contribution is 2.22. The normalized spacial score (nSPS) is 12.3. The van der Waals surface area contributed by atoms with Gasteiger partial charge in [0.2, 0.25) is 0 Å². The summed E-state index contributed by atoms with van der Waals surface area (Å²) in [6, 6.07) is 11.2. The highest BCUT2D eigenvalue weighted by Gasteiger charge is 2.19. The molecule has 1 atom stereocenters. The van der Waals surface area contributed by atoms with Crippen LogP contribution in [0.5, 0.6) is 5.75 Å². The van der Waals surface area contributed by atoms with Crippen LogP contribution < -0.4 is 10.1 Å². The zero-order valence-corrected chi connectivity index (χ0v) is 15.4. The lowest BCUT2D eigenvalue weighted by molar-refractivity contribution is 0.0938.